The topological polar surface area (TPSA) is 80.3 Å². The molecule has 0 aromatic heterocycles. The van der Waals surface area contributed by atoms with E-state index in [2.05, 4.69) is 0 Å². The SMILES string of the molecule is C[C@H]1CN1S(=O)(=O)c1ccccc1[N+](=O)[O-]. The highest BCUT2D eigenvalue weighted by Crippen LogP contribution is 2.32. The van der Waals surface area contributed by atoms with Crippen LogP contribution in [0.25, 0.3) is 0 Å². The Hall–Kier alpha value is -1.47. The van der Waals surface area contributed by atoms with Crippen LogP contribution < -0.4 is 0 Å². The molecule has 0 spiro atoms. The molecule has 86 valence electrons. The maximum absolute atomic E-state index is 12.0. The van der Waals surface area contributed by atoms with Crippen LogP contribution in [0.1, 0.15) is 6.92 Å². The molecule has 1 aliphatic heterocycles. The molecule has 0 saturated carbocycles. The van der Waals surface area contributed by atoms with Gasteiger partial charge in [0.25, 0.3) is 5.69 Å². The lowest BCUT2D eigenvalue weighted by atomic mass is 10.3. The van der Waals surface area contributed by atoms with Crippen molar-refractivity contribution in [3.8, 4) is 0 Å². The maximum Gasteiger partial charge on any atom is 0.289 e. The van der Waals surface area contributed by atoms with Crippen LogP contribution in [0, 0.1) is 10.1 Å². The molecule has 1 aliphatic rings. The first-order valence-electron chi connectivity index (χ1n) is 4.70. The summed E-state index contributed by atoms with van der Waals surface area (Å²) in [7, 11) is -3.70. The number of hydrogen-bond acceptors (Lipinski definition) is 4. The van der Waals surface area contributed by atoms with E-state index >= 15 is 0 Å². The molecule has 1 heterocycles. The number of hydrogen-bond donors (Lipinski definition) is 0. The number of para-hydroxylation sites is 1. The number of sulfonamides is 1. The summed E-state index contributed by atoms with van der Waals surface area (Å²) in [6.07, 6.45) is 0. The largest absolute Gasteiger partial charge is 0.289 e. The predicted molar refractivity (Wildman–Crippen MR) is 56.5 cm³/mol. The van der Waals surface area contributed by atoms with Gasteiger partial charge < -0.3 is 0 Å². The van der Waals surface area contributed by atoms with Crippen molar-refractivity contribution in [3.05, 3.63) is 34.4 Å². The highest BCUT2D eigenvalue weighted by molar-refractivity contribution is 7.89. The van der Waals surface area contributed by atoms with Crippen molar-refractivity contribution < 1.29 is 13.3 Å². The van der Waals surface area contributed by atoms with E-state index in [-0.39, 0.29) is 16.6 Å². The van der Waals surface area contributed by atoms with Crippen LogP contribution in [0.3, 0.4) is 0 Å². The van der Waals surface area contributed by atoms with Gasteiger partial charge in [-0.25, -0.2) is 8.42 Å². The summed E-state index contributed by atoms with van der Waals surface area (Å²) >= 11 is 0. The number of nitro benzene ring substituents is 1. The van der Waals surface area contributed by atoms with E-state index in [0.29, 0.717) is 6.54 Å². The van der Waals surface area contributed by atoms with Gasteiger partial charge in [0.2, 0.25) is 10.0 Å². The minimum Gasteiger partial charge on any atom is -0.258 e. The van der Waals surface area contributed by atoms with Crippen molar-refractivity contribution in [2.24, 2.45) is 0 Å². The van der Waals surface area contributed by atoms with Crippen molar-refractivity contribution in [2.75, 3.05) is 6.54 Å². The van der Waals surface area contributed by atoms with Gasteiger partial charge in [0, 0.05) is 18.7 Å². The normalized spacial score (nSPS) is 24.1. The fraction of sp³-hybridized carbons (Fsp3) is 0.333. The van der Waals surface area contributed by atoms with Crippen LogP contribution in [-0.4, -0.2) is 30.2 Å². The molecule has 1 fully saturated rings. The molecule has 0 aliphatic carbocycles. The summed E-state index contributed by atoms with van der Waals surface area (Å²) in [5.41, 5.74) is -0.374. The van der Waals surface area contributed by atoms with Crippen LogP contribution >= 0.6 is 0 Å². The average molecular weight is 242 g/mol. The fourth-order valence-electron chi connectivity index (χ4n) is 1.50. The van der Waals surface area contributed by atoms with E-state index in [1.807, 2.05) is 0 Å². The summed E-state index contributed by atoms with van der Waals surface area (Å²) in [5, 5.41) is 10.7. The standard InChI is InChI=1S/C9H10N2O4S/c1-7-6-10(7)16(14,15)9-5-3-2-4-8(9)11(12)13/h2-5,7H,6H2,1H3/t7-,10?/m0/s1. The van der Waals surface area contributed by atoms with Crippen molar-refractivity contribution in [1.82, 2.24) is 4.31 Å². The summed E-state index contributed by atoms with van der Waals surface area (Å²) in [6.45, 7) is 2.18. The molecule has 0 bridgehead atoms. The Bertz CT molecular complexity index is 540. The number of nitro groups is 1. The Kier molecular flexibility index (Phi) is 2.43. The molecule has 1 aromatic rings. The van der Waals surface area contributed by atoms with E-state index in [9.17, 15) is 18.5 Å². The van der Waals surface area contributed by atoms with Gasteiger partial charge in [-0.3, -0.25) is 10.1 Å². The van der Waals surface area contributed by atoms with Gasteiger partial charge in [-0.15, -0.1) is 0 Å². The van der Waals surface area contributed by atoms with Gasteiger partial charge in [-0.1, -0.05) is 12.1 Å². The van der Waals surface area contributed by atoms with Crippen molar-refractivity contribution >= 4 is 15.7 Å². The molecule has 0 amide bonds. The Morgan fingerprint density at radius 3 is 2.50 bits per heavy atom. The third-order valence-electron chi connectivity index (χ3n) is 2.45. The average Bonchev–Trinajstić information content (AvgIpc) is 2.96. The molecular formula is C9H10N2O4S. The van der Waals surface area contributed by atoms with Crippen molar-refractivity contribution in [3.63, 3.8) is 0 Å². The Balaban J connectivity index is 2.52. The summed E-state index contributed by atoms with van der Waals surface area (Å²) in [5.74, 6) is 0. The molecule has 1 unspecified atom stereocenters. The molecule has 1 aromatic carbocycles. The number of rotatable bonds is 3. The van der Waals surface area contributed by atoms with Gasteiger partial charge in [-0.05, 0) is 13.0 Å². The Morgan fingerprint density at radius 2 is 2.00 bits per heavy atom. The molecule has 0 N–H and O–H groups in total. The van der Waals surface area contributed by atoms with Crippen LogP contribution in [0.2, 0.25) is 0 Å². The van der Waals surface area contributed by atoms with Gasteiger partial charge in [0.1, 0.15) is 0 Å². The summed E-state index contributed by atoms with van der Waals surface area (Å²) in [4.78, 5) is 9.80. The van der Waals surface area contributed by atoms with Gasteiger partial charge in [-0.2, -0.15) is 4.31 Å². The molecule has 1 saturated heterocycles. The molecule has 16 heavy (non-hydrogen) atoms. The van der Waals surface area contributed by atoms with Crippen LogP contribution in [0.5, 0.6) is 0 Å². The molecule has 6 nitrogen and oxygen atoms in total. The number of benzene rings is 1. The van der Waals surface area contributed by atoms with E-state index in [1.54, 1.807) is 6.92 Å². The summed E-state index contributed by atoms with van der Waals surface area (Å²) < 4.78 is 25.1. The van der Waals surface area contributed by atoms with Gasteiger partial charge in [0.05, 0.1) is 4.92 Å². The lowest BCUT2D eigenvalue weighted by molar-refractivity contribution is -0.387. The Labute approximate surface area is 92.7 Å². The smallest absolute Gasteiger partial charge is 0.258 e. The third kappa shape index (κ3) is 1.68. The fourth-order valence-corrected chi connectivity index (χ4v) is 3.30. The van der Waals surface area contributed by atoms with E-state index in [1.165, 1.54) is 28.6 Å². The molecule has 0 radical (unpaired) electrons. The third-order valence-corrected chi connectivity index (χ3v) is 4.48. The predicted octanol–water partition coefficient (Wildman–Crippen LogP) is 0.988. The van der Waals surface area contributed by atoms with Gasteiger partial charge >= 0.3 is 0 Å². The Morgan fingerprint density at radius 1 is 1.44 bits per heavy atom. The van der Waals surface area contributed by atoms with Crippen LogP contribution in [0.15, 0.2) is 29.2 Å². The van der Waals surface area contributed by atoms with Crippen molar-refractivity contribution in [1.29, 1.82) is 0 Å². The zero-order valence-electron chi connectivity index (χ0n) is 8.53. The quantitative estimate of drug-likeness (QED) is 0.449. The molecule has 7 heteroatoms. The first-order chi connectivity index (χ1) is 7.44. The first-order valence-corrected chi connectivity index (χ1v) is 6.14. The van der Waals surface area contributed by atoms with Crippen molar-refractivity contribution in [2.45, 2.75) is 17.9 Å². The molecule has 2 rings (SSSR count). The highest BCUT2D eigenvalue weighted by Gasteiger charge is 2.43. The lowest BCUT2D eigenvalue weighted by Gasteiger charge is -2.05. The van der Waals surface area contributed by atoms with E-state index < -0.39 is 14.9 Å². The minimum atomic E-state index is -3.70. The second-order valence-electron chi connectivity index (χ2n) is 3.65. The molecular weight excluding hydrogens is 232 g/mol. The van der Waals surface area contributed by atoms with Crippen LogP contribution in [0.4, 0.5) is 5.69 Å². The first kappa shape index (κ1) is 11.0. The second-order valence-corrected chi connectivity index (χ2v) is 5.51. The summed E-state index contributed by atoms with van der Waals surface area (Å²) in [6, 6.07) is 5.32. The van der Waals surface area contributed by atoms with E-state index in [4.69, 9.17) is 0 Å². The zero-order valence-corrected chi connectivity index (χ0v) is 9.35. The molecule has 2 atom stereocenters. The van der Waals surface area contributed by atoms with Crippen LogP contribution in [-0.2, 0) is 10.0 Å². The number of nitrogens with zero attached hydrogens (tertiary/aromatic N) is 2. The maximum atomic E-state index is 12.0. The highest BCUT2D eigenvalue weighted by atomic mass is 32.2. The lowest BCUT2D eigenvalue weighted by Crippen LogP contribution is -2.15. The van der Waals surface area contributed by atoms with Gasteiger partial charge in [0.15, 0.2) is 4.90 Å². The second kappa shape index (κ2) is 3.53. The zero-order chi connectivity index (χ0) is 11.9. The minimum absolute atomic E-state index is 0.0650. The van der Waals surface area contributed by atoms with E-state index in [0.717, 1.165) is 0 Å². The monoisotopic (exact) mass is 242 g/mol.